The second-order valence-electron chi connectivity index (χ2n) is 7.60. The fourth-order valence-corrected chi connectivity index (χ4v) is 6.36. The predicted molar refractivity (Wildman–Crippen MR) is 107 cm³/mol. The van der Waals surface area contributed by atoms with Crippen molar-refractivity contribution in [3.63, 3.8) is 0 Å². The fraction of sp³-hybridized carbons (Fsp3) is 0.765. The molecule has 2 aliphatic heterocycles. The van der Waals surface area contributed by atoms with Crippen LogP contribution in [0.15, 0.2) is 11.1 Å². The Labute approximate surface area is 172 Å². The van der Waals surface area contributed by atoms with Crippen LogP contribution in [0.3, 0.4) is 0 Å². The Morgan fingerprint density at radius 3 is 2.10 bits per heavy atom. The molecule has 1 aromatic rings. The van der Waals surface area contributed by atoms with Gasteiger partial charge in [-0.2, -0.15) is 9.40 Å². The Kier molecular flexibility index (Phi) is 6.37. The van der Waals surface area contributed by atoms with E-state index in [0.717, 1.165) is 0 Å². The summed E-state index contributed by atoms with van der Waals surface area (Å²) in [5.74, 6) is -0.216. The number of carbonyl (C=O) groups excluding carboxylic acids is 1. The van der Waals surface area contributed by atoms with Gasteiger partial charge >= 0.3 is 0 Å². The highest BCUT2D eigenvalue weighted by Gasteiger charge is 2.36. The summed E-state index contributed by atoms with van der Waals surface area (Å²) in [4.78, 5) is 14.7. The molecule has 164 valence electrons. The smallest absolute Gasteiger partial charge is 0.246 e. The quantitative estimate of drug-likeness (QED) is 0.613. The highest BCUT2D eigenvalue weighted by Crippen LogP contribution is 2.24. The summed E-state index contributed by atoms with van der Waals surface area (Å²) in [6, 6.07) is 0. The van der Waals surface area contributed by atoms with Gasteiger partial charge in [-0.05, 0) is 26.7 Å². The first-order valence-electron chi connectivity index (χ1n) is 9.82. The second-order valence-corrected chi connectivity index (χ2v) is 11.5. The van der Waals surface area contributed by atoms with Crippen LogP contribution in [0.1, 0.15) is 25.5 Å². The number of piperidine rings is 1. The summed E-state index contributed by atoms with van der Waals surface area (Å²) in [5.41, 5.74) is 0.475. The van der Waals surface area contributed by atoms with Crippen molar-refractivity contribution >= 4 is 26.0 Å². The summed E-state index contributed by atoms with van der Waals surface area (Å²) in [6.07, 6.45) is 3.73. The number of hydrogen-bond donors (Lipinski definition) is 0. The van der Waals surface area contributed by atoms with Gasteiger partial charge < -0.3 is 4.90 Å². The van der Waals surface area contributed by atoms with Crippen LogP contribution in [0, 0.1) is 12.8 Å². The lowest BCUT2D eigenvalue weighted by Gasteiger charge is -2.37. The number of nitrogens with zero attached hydrogens (tertiary/aromatic N) is 5. The van der Waals surface area contributed by atoms with Crippen LogP contribution in [0.25, 0.3) is 0 Å². The number of rotatable bonds is 5. The minimum absolute atomic E-state index is 0.00909. The van der Waals surface area contributed by atoms with Gasteiger partial charge in [-0.25, -0.2) is 21.1 Å². The van der Waals surface area contributed by atoms with Crippen LogP contribution in [0.2, 0.25) is 0 Å². The molecular formula is C17H29N5O5S2. The molecule has 29 heavy (non-hydrogen) atoms. The Morgan fingerprint density at radius 2 is 1.62 bits per heavy atom. The minimum atomic E-state index is -3.64. The summed E-state index contributed by atoms with van der Waals surface area (Å²) >= 11 is 0. The highest BCUT2D eigenvalue weighted by atomic mass is 32.2. The SMILES string of the molecule is CCn1cc(S(=O)(=O)N2CCN(C(=O)C3CCN(S(C)(=O)=O)CC3)CC2)c(C)n1. The lowest BCUT2D eigenvalue weighted by atomic mass is 9.96. The first-order chi connectivity index (χ1) is 13.5. The number of sulfonamides is 2. The van der Waals surface area contributed by atoms with Gasteiger partial charge in [-0.15, -0.1) is 0 Å². The van der Waals surface area contributed by atoms with Gasteiger partial charge in [0.1, 0.15) is 4.90 Å². The third kappa shape index (κ3) is 4.65. The van der Waals surface area contributed by atoms with Crippen molar-refractivity contribution in [3.05, 3.63) is 11.9 Å². The van der Waals surface area contributed by atoms with Crippen LogP contribution in [-0.2, 0) is 31.4 Å². The maximum atomic E-state index is 13.0. The number of hydrogen-bond acceptors (Lipinski definition) is 6. The Bertz CT molecular complexity index is 956. The van der Waals surface area contributed by atoms with E-state index >= 15 is 0 Å². The van der Waals surface area contributed by atoms with Crippen LogP contribution >= 0.6 is 0 Å². The molecule has 3 rings (SSSR count). The zero-order chi connectivity index (χ0) is 21.4. The topological polar surface area (TPSA) is 113 Å². The van der Waals surface area contributed by atoms with Crippen LogP contribution in [0.5, 0.6) is 0 Å². The molecule has 0 aromatic carbocycles. The van der Waals surface area contributed by atoms with Gasteiger partial charge in [0.2, 0.25) is 26.0 Å². The van der Waals surface area contributed by atoms with E-state index in [4.69, 9.17) is 0 Å². The Hall–Kier alpha value is -1.50. The third-order valence-corrected chi connectivity index (χ3v) is 8.97. The van der Waals surface area contributed by atoms with Crippen LogP contribution in [-0.4, -0.2) is 91.6 Å². The van der Waals surface area contributed by atoms with Crippen LogP contribution < -0.4 is 0 Å². The average Bonchev–Trinajstić information content (AvgIpc) is 3.08. The Morgan fingerprint density at radius 1 is 1.03 bits per heavy atom. The van der Waals surface area contributed by atoms with Gasteiger partial charge in [-0.3, -0.25) is 9.48 Å². The molecule has 12 heteroatoms. The molecule has 0 N–H and O–H groups in total. The van der Waals surface area contributed by atoms with Gasteiger partial charge in [0.15, 0.2) is 0 Å². The number of amides is 1. The molecule has 0 spiro atoms. The van der Waals surface area contributed by atoms with Crippen molar-refractivity contribution in [1.29, 1.82) is 0 Å². The number of aryl methyl sites for hydroxylation is 2. The van der Waals surface area contributed by atoms with Gasteiger partial charge in [0.25, 0.3) is 0 Å². The second kappa shape index (κ2) is 8.32. The van der Waals surface area contributed by atoms with Crippen molar-refractivity contribution in [3.8, 4) is 0 Å². The summed E-state index contributed by atoms with van der Waals surface area (Å²) < 4.78 is 53.6. The monoisotopic (exact) mass is 447 g/mol. The summed E-state index contributed by atoms with van der Waals surface area (Å²) in [5, 5.41) is 4.22. The lowest BCUT2D eigenvalue weighted by molar-refractivity contribution is -0.137. The minimum Gasteiger partial charge on any atom is -0.340 e. The molecule has 2 fully saturated rings. The molecule has 3 heterocycles. The number of aromatic nitrogens is 2. The van der Waals surface area contributed by atoms with E-state index in [-0.39, 0.29) is 29.8 Å². The summed E-state index contributed by atoms with van der Waals surface area (Å²) in [7, 11) is -6.87. The molecular weight excluding hydrogens is 418 g/mol. The maximum Gasteiger partial charge on any atom is 0.246 e. The van der Waals surface area contributed by atoms with E-state index < -0.39 is 20.0 Å². The van der Waals surface area contributed by atoms with E-state index in [1.54, 1.807) is 22.7 Å². The normalized spacial score (nSPS) is 20.9. The summed E-state index contributed by atoms with van der Waals surface area (Å²) in [6.45, 7) is 6.04. The fourth-order valence-electron chi connectivity index (χ4n) is 3.90. The molecule has 2 saturated heterocycles. The molecule has 0 bridgehead atoms. The van der Waals surface area contributed by atoms with E-state index in [1.807, 2.05) is 6.92 Å². The highest BCUT2D eigenvalue weighted by molar-refractivity contribution is 7.89. The molecule has 0 saturated carbocycles. The largest absolute Gasteiger partial charge is 0.340 e. The zero-order valence-corrected chi connectivity index (χ0v) is 18.7. The predicted octanol–water partition coefficient (Wildman–Crippen LogP) is -0.284. The maximum absolute atomic E-state index is 13.0. The van der Waals surface area contributed by atoms with Gasteiger partial charge in [-0.1, -0.05) is 0 Å². The third-order valence-electron chi connectivity index (χ3n) is 5.67. The zero-order valence-electron chi connectivity index (χ0n) is 17.1. The van der Waals surface area contributed by atoms with E-state index in [0.29, 0.717) is 51.3 Å². The molecule has 0 aliphatic carbocycles. The van der Waals surface area contributed by atoms with Crippen LogP contribution in [0.4, 0.5) is 0 Å². The first kappa shape index (κ1) is 22.2. The number of carbonyl (C=O) groups is 1. The number of piperazine rings is 1. The molecule has 1 amide bonds. The van der Waals surface area contributed by atoms with Crippen molar-refractivity contribution in [1.82, 2.24) is 23.3 Å². The van der Waals surface area contributed by atoms with Crippen molar-refractivity contribution in [2.75, 3.05) is 45.5 Å². The van der Waals surface area contributed by atoms with E-state index in [1.165, 1.54) is 14.9 Å². The standard InChI is InChI=1S/C17H29N5O5S2/c1-4-20-13-16(14(2)18-20)29(26,27)22-11-9-19(10-12-22)17(23)15-5-7-21(8-6-15)28(3,24)25/h13,15H,4-12H2,1-3H3. The Balaban J connectivity index is 1.59. The molecule has 0 atom stereocenters. The molecule has 10 nitrogen and oxygen atoms in total. The molecule has 0 radical (unpaired) electrons. The van der Waals surface area contributed by atoms with Gasteiger partial charge in [0.05, 0.1) is 11.9 Å². The average molecular weight is 448 g/mol. The van der Waals surface area contributed by atoms with E-state index in [9.17, 15) is 21.6 Å². The van der Waals surface area contributed by atoms with Crippen molar-refractivity contribution < 1.29 is 21.6 Å². The molecule has 0 unspecified atom stereocenters. The van der Waals surface area contributed by atoms with Crippen molar-refractivity contribution in [2.45, 2.75) is 38.1 Å². The van der Waals surface area contributed by atoms with Gasteiger partial charge in [0, 0.05) is 57.9 Å². The van der Waals surface area contributed by atoms with Crippen molar-refractivity contribution in [2.24, 2.45) is 5.92 Å². The first-order valence-corrected chi connectivity index (χ1v) is 13.1. The molecule has 2 aliphatic rings. The lowest BCUT2D eigenvalue weighted by Crippen LogP contribution is -2.53. The van der Waals surface area contributed by atoms with E-state index in [2.05, 4.69) is 5.10 Å². The molecule has 1 aromatic heterocycles.